The minimum absolute atomic E-state index is 0.0480. The van der Waals surface area contributed by atoms with Gasteiger partial charge in [-0.2, -0.15) is 0 Å². The van der Waals surface area contributed by atoms with Gasteiger partial charge >= 0.3 is 0 Å². The molecule has 0 spiro atoms. The van der Waals surface area contributed by atoms with Crippen LogP contribution in [0.3, 0.4) is 0 Å². The van der Waals surface area contributed by atoms with Crippen molar-refractivity contribution in [3.8, 4) is 0 Å². The predicted octanol–water partition coefficient (Wildman–Crippen LogP) is 2.56. The molecule has 7 nitrogen and oxygen atoms in total. The first-order chi connectivity index (χ1) is 12.7. The first-order valence-corrected chi connectivity index (χ1v) is 12.6. The molecule has 1 aromatic carbocycles. The Bertz CT molecular complexity index is 998. The number of nitrogens with one attached hydrogen (secondary N) is 1. The zero-order chi connectivity index (χ0) is 19.7. The molecular formula is C17H21BrN2O5S2. The molecule has 0 radical (unpaired) electrons. The second kappa shape index (κ2) is 8.04. The van der Waals surface area contributed by atoms with Crippen molar-refractivity contribution in [2.45, 2.75) is 28.7 Å². The summed E-state index contributed by atoms with van der Waals surface area (Å²) in [4.78, 5) is 2.03. The van der Waals surface area contributed by atoms with E-state index in [1.807, 2.05) is 6.07 Å². The van der Waals surface area contributed by atoms with Gasteiger partial charge in [-0.25, -0.2) is 21.6 Å². The van der Waals surface area contributed by atoms with Gasteiger partial charge in [0.1, 0.15) is 5.76 Å². The van der Waals surface area contributed by atoms with E-state index in [9.17, 15) is 16.8 Å². The van der Waals surface area contributed by atoms with Crippen molar-refractivity contribution < 1.29 is 21.3 Å². The highest BCUT2D eigenvalue weighted by Gasteiger charge is 2.28. The largest absolute Gasteiger partial charge is 0.468 e. The van der Waals surface area contributed by atoms with E-state index in [1.54, 1.807) is 12.3 Å². The van der Waals surface area contributed by atoms with Gasteiger partial charge in [0.25, 0.3) is 0 Å². The third-order valence-corrected chi connectivity index (χ3v) is 8.07. The van der Waals surface area contributed by atoms with Crippen molar-refractivity contribution in [3.63, 3.8) is 0 Å². The Kier molecular flexibility index (Phi) is 6.11. The lowest BCUT2D eigenvalue weighted by molar-refractivity contribution is 0.216. The maximum Gasteiger partial charge on any atom is 0.241 e. The number of sulfonamides is 1. The second-order valence-corrected chi connectivity index (χ2v) is 11.1. The molecule has 0 saturated carbocycles. The normalized spacial score (nSPS) is 17.3. The van der Waals surface area contributed by atoms with Crippen LogP contribution in [0.15, 0.2) is 55.3 Å². The minimum Gasteiger partial charge on any atom is -0.468 e. The summed E-state index contributed by atoms with van der Waals surface area (Å²) in [6.07, 6.45) is 4.73. The minimum atomic E-state index is -3.92. The van der Waals surface area contributed by atoms with Crippen LogP contribution in [0.25, 0.3) is 0 Å². The fourth-order valence-corrected chi connectivity index (χ4v) is 5.88. The first-order valence-electron chi connectivity index (χ1n) is 8.45. The van der Waals surface area contributed by atoms with Crippen LogP contribution in [0.5, 0.6) is 0 Å². The van der Waals surface area contributed by atoms with E-state index in [4.69, 9.17) is 4.42 Å². The Morgan fingerprint density at radius 2 is 1.89 bits per heavy atom. The van der Waals surface area contributed by atoms with Crippen LogP contribution in [-0.4, -0.2) is 47.6 Å². The lowest BCUT2D eigenvalue weighted by atomic mass is 10.2. The molecule has 1 saturated heterocycles. The van der Waals surface area contributed by atoms with Gasteiger partial charge < -0.3 is 4.42 Å². The van der Waals surface area contributed by atoms with Gasteiger partial charge in [-0.1, -0.05) is 0 Å². The highest BCUT2D eigenvalue weighted by Crippen LogP contribution is 2.28. The van der Waals surface area contributed by atoms with Gasteiger partial charge in [-0.3, -0.25) is 4.90 Å². The second-order valence-electron chi connectivity index (χ2n) is 6.49. The number of hydrogen-bond donors (Lipinski definition) is 1. The number of halogens is 1. The number of furan rings is 1. The average molecular weight is 477 g/mol. The molecule has 1 aliphatic rings. The molecule has 3 rings (SSSR count). The van der Waals surface area contributed by atoms with E-state index in [1.165, 1.54) is 18.2 Å². The average Bonchev–Trinajstić information content (AvgIpc) is 3.28. The molecule has 27 heavy (non-hydrogen) atoms. The molecule has 1 aromatic heterocycles. The number of sulfone groups is 1. The van der Waals surface area contributed by atoms with Gasteiger partial charge in [-0.05, 0) is 72.2 Å². The molecule has 1 atom stereocenters. The van der Waals surface area contributed by atoms with Crippen molar-refractivity contribution in [3.05, 3.63) is 46.8 Å². The molecule has 0 unspecified atom stereocenters. The Hall–Kier alpha value is -1.20. The molecule has 148 valence electrons. The van der Waals surface area contributed by atoms with E-state index >= 15 is 0 Å². The van der Waals surface area contributed by atoms with Crippen molar-refractivity contribution in [2.24, 2.45) is 0 Å². The van der Waals surface area contributed by atoms with Crippen LogP contribution < -0.4 is 4.72 Å². The highest BCUT2D eigenvalue weighted by atomic mass is 79.9. The molecule has 10 heteroatoms. The van der Waals surface area contributed by atoms with Crippen LogP contribution >= 0.6 is 15.9 Å². The number of benzene rings is 1. The number of hydrogen-bond acceptors (Lipinski definition) is 6. The van der Waals surface area contributed by atoms with Crippen molar-refractivity contribution in [2.75, 3.05) is 25.9 Å². The van der Waals surface area contributed by atoms with E-state index in [-0.39, 0.29) is 22.4 Å². The molecule has 0 bridgehead atoms. The topological polar surface area (TPSA) is 96.7 Å². The summed E-state index contributed by atoms with van der Waals surface area (Å²) in [6, 6.07) is 7.36. The van der Waals surface area contributed by atoms with Gasteiger partial charge in [0.15, 0.2) is 9.84 Å². The summed E-state index contributed by atoms with van der Waals surface area (Å²) in [5, 5.41) is 0. The molecule has 1 N–H and O–H groups in total. The number of likely N-dealkylation sites (tertiary alicyclic amines) is 1. The zero-order valence-corrected chi connectivity index (χ0v) is 18.0. The molecule has 2 aromatic rings. The standard InChI is InChI=1S/C17H21BrN2O5S2/c1-26(21,22)13-6-7-14(18)17(11-13)27(23,24)19-12-15(16-5-4-10-25-16)20-8-2-3-9-20/h4-7,10-11,15,19H,2-3,8-9,12H2,1H3/t15-/m1/s1. The number of rotatable bonds is 7. The van der Waals surface area contributed by atoms with E-state index in [0.717, 1.165) is 32.2 Å². The van der Waals surface area contributed by atoms with Gasteiger partial charge in [0, 0.05) is 17.3 Å². The third-order valence-electron chi connectivity index (χ3n) is 4.54. The smallest absolute Gasteiger partial charge is 0.241 e. The molecule has 1 fully saturated rings. The van der Waals surface area contributed by atoms with Crippen molar-refractivity contribution >= 4 is 35.8 Å². The Balaban J connectivity index is 1.85. The van der Waals surface area contributed by atoms with Gasteiger partial charge in [0.2, 0.25) is 10.0 Å². The highest BCUT2D eigenvalue weighted by molar-refractivity contribution is 9.10. The van der Waals surface area contributed by atoms with Gasteiger partial charge in [-0.15, -0.1) is 0 Å². The van der Waals surface area contributed by atoms with Crippen LogP contribution in [0, 0.1) is 0 Å². The summed E-state index contributed by atoms with van der Waals surface area (Å²) < 4.78 is 57.6. The summed E-state index contributed by atoms with van der Waals surface area (Å²) in [7, 11) is -7.44. The molecule has 0 amide bonds. The van der Waals surface area contributed by atoms with Crippen molar-refractivity contribution in [1.82, 2.24) is 9.62 Å². The summed E-state index contributed by atoms with van der Waals surface area (Å²) in [5.74, 6) is 0.698. The Morgan fingerprint density at radius 1 is 1.19 bits per heavy atom. The maximum absolute atomic E-state index is 12.8. The van der Waals surface area contributed by atoms with Crippen LogP contribution in [-0.2, 0) is 19.9 Å². The molecule has 1 aliphatic heterocycles. The van der Waals surface area contributed by atoms with E-state index < -0.39 is 19.9 Å². The van der Waals surface area contributed by atoms with Crippen LogP contribution in [0.4, 0.5) is 0 Å². The maximum atomic E-state index is 12.8. The lowest BCUT2D eigenvalue weighted by Gasteiger charge is -2.26. The van der Waals surface area contributed by atoms with Crippen molar-refractivity contribution in [1.29, 1.82) is 0 Å². The summed E-state index contributed by atoms with van der Waals surface area (Å²) in [5.41, 5.74) is 0. The summed E-state index contributed by atoms with van der Waals surface area (Å²) >= 11 is 3.20. The van der Waals surface area contributed by atoms with Crippen LogP contribution in [0.2, 0.25) is 0 Å². The lowest BCUT2D eigenvalue weighted by Crippen LogP contribution is -2.36. The third kappa shape index (κ3) is 4.80. The molecular weight excluding hydrogens is 456 g/mol. The molecule has 0 aliphatic carbocycles. The fourth-order valence-electron chi connectivity index (χ4n) is 3.13. The van der Waals surface area contributed by atoms with Crippen LogP contribution in [0.1, 0.15) is 24.6 Å². The summed E-state index contributed by atoms with van der Waals surface area (Å²) in [6.45, 7) is 1.88. The zero-order valence-electron chi connectivity index (χ0n) is 14.8. The number of nitrogens with zero attached hydrogens (tertiary/aromatic N) is 1. The Labute approximate surface area is 167 Å². The van der Waals surface area contributed by atoms with E-state index in [0.29, 0.717) is 10.2 Å². The Morgan fingerprint density at radius 3 is 2.48 bits per heavy atom. The molecule has 2 heterocycles. The predicted molar refractivity (Wildman–Crippen MR) is 105 cm³/mol. The SMILES string of the molecule is CS(=O)(=O)c1ccc(Br)c(S(=O)(=O)NC[C@H](c2ccco2)N2CCCC2)c1. The van der Waals surface area contributed by atoms with Gasteiger partial charge in [0.05, 0.1) is 22.1 Å². The quantitative estimate of drug-likeness (QED) is 0.659. The monoisotopic (exact) mass is 476 g/mol. The fraction of sp³-hybridized carbons (Fsp3) is 0.412. The first kappa shape index (κ1) is 20.5. The van der Waals surface area contributed by atoms with E-state index in [2.05, 4.69) is 25.6 Å².